The maximum Gasteiger partial charge on any atom is 0.341 e. The normalized spacial score (nSPS) is 10.8. The Balaban J connectivity index is 1.86. The zero-order valence-corrected chi connectivity index (χ0v) is 18.0. The first-order valence-corrected chi connectivity index (χ1v) is 10.7. The largest absolute Gasteiger partial charge is 0.493 e. The Labute approximate surface area is 184 Å². The Morgan fingerprint density at radius 2 is 1.81 bits per heavy atom. The molecule has 3 aromatic rings. The first-order valence-electron chi connectivity index (χ1n) is 9.78. The van der Waals surface area contributed by atoms with E-state index in [1.165, 1.54) is 29.5 Å². The van der Waals surface area contributed by atoms with Crippen molar-refractivity contribution < 1.29 is 23.5 Å². The molecule has 1 N–H and O–H groups in total. The smallest absolute Gasteiger partial charge is 0.341 e. The van der Waals surface area contributed by atoms with Gasteiger partial charge in [-0.15, -0.1) is 11.3 Å². The van der Waals surface area contributed by atoms with Crippen molar-refractivity contribution in [2.75, 3.05) is 18.5 Å². The fourth-order valence-corrected chi connectivity index (χ4v) is 3.88. The Kier molecular flexibility index (Phi) is 7.56. The predicted octanol–water partition coefficient (Wildman–Crippen LogP) is 5.78. The van der Waals surface area contributed by atoms with Gasteiger partial charge in [-0.2, -0.15) is 0 Å². The molecule has 0 spiro atoms. The highest BCUT2D eigenvalue weighted by Gasteiger charge is 2.22. The third kappa shape index (κ3) is 5.58. The standard InChI is InChI=1S/C24H22FNO4S/c1-3-29-20-8-6-5-7-17(20)11-14-21(27)26-23-22(24(28)30-4-2)19(15-31-23)16-9-12-18(25)13-10-16/h5-15H,3-4H2,1-2H3,(H,26,27)/b14-11+. The molecule has 0 aliphatic carbocycles. The summed E-state index contributed by atoms with van der Waals surface area (Å²) in [6.07, 6.45) is 3.03. The number of benzene rings is 2. The van der Waals surface area contributed by atoms with E-state index in [1.54, 1.807) is 30.5 Å². The number of ether oxygens (including phenoxy) is 2. The molecule has 0 fully saturated rings. The summed E-state index contributed by atoms with van der Waals surface area (Å²) in [5.41, 5.74) is 2.24. The van der Waals surface area contributed by atoms with Crippen LogP contribution in [0, 0.1) is 5.82 Å². The number of anilines is 1. The van der Waals surface area contributed by atoms with Gasteiger partial charge in [-0.25, -0.2) is 9.18 Å². The third-order valence-corrected chi connectivity index (χ3v) is 5.19. The molecule has 160 valence electrons. The van der Waals surface area contributed by atoms with Crippen LogP contribution >= 0.6 is 11.3 Å². The van der Waals surface area contributed by atoms with Gasteiger partial charge in [0.05, 0.1) is 13.2 Å². The van der Waals surface area contributed by atoms with Crippen LogP contribution in [-0.2, 0) is 9.53 Å². The Bertz CT molecular complexity index is 1090. The van der Waals surface area contributed by atoms with Gasteiger partial charge in [0.15, 0.2) is 0 Å². The van der Waals surface area contributed by atoms with Gasteiger partial charge >= 0.3 is 5.97 Å². The topological polar surface area (TPSA) is 64.6 Å². The summed E-state index contributed by atoms with van der Waals surface area (Å²) in [7, 11) is 0. The molecule has 1 amide bonds. The van der Waals surface area contributed by atoms with Gasteiger partial charge in [-0.3, -0.25) is 4.79 Å². The summed E-state index contributed by atoms with van der Waals surface area (Å²) >= 11 is 1.21. The minimum Gasteiger partial charge on any atom is -0.493 e. The van der Waals surface area contributed by atoms with E-state index in [0.29, 0.717) is 28.5 Å². The highest BCUT2D eigenvalue weighted by molar-refractivity contribution is 7.15. The van der Waals surface area contributed by atoms with E-state index >= 15 is 0 Å². The molecule has 31 heavy (non-hydrogen) atoms. The molecule has 1 aromatic heterocycles. The lowest BCUT2D eigenvalue weighted by atomic mass is 10.0. The predicted molar refractivity (Wildman–Crippen MR) is 121 cm³/mol. The number of para-hydroxylation sites is 1. The van der Waals surface area contributed by atoms with Crippen LogP contribution in [0.4, 0.5) is 9.39 Å². The van der Waals surface area contributed by atoms with Gasteiger partial charge < -0.3 is 14.8 Å². The zero-order chi connectivity index (χ0) is 22.2. The van der Waals surface area contributed by atoms with E-state index in [0.717, 1.165) is 5.56 Å². The minimum atomic E-state index is -0.552. The number of halogens is 1. The van der Waals surface area contributed by atoms with Gasteiger partial charge in [0.2, 0.25) is 5.91 Å². The van der Waals surface area contributed by atoms with Crippen LogP contribution < -0.4 is 10.1 Å². The molecule has 0 unspecified atom stereocenters. The minimum absolute atomic E-state index is 0.193. The Hall–Kier alpha value is -3.45. The van der Waals surface area contributed by atoms with Gasteiger partial charge in [0.1, 0.15) is 22.1 Å². The number of hydrogen-bond acceptors (Lipinski definition) is 5. The second-order valence-corrected chi connectivity index (χ2v) is 7.25. The fourth-order valence-electron chi connectivity index (χ4n) is 2.92. The zero-order valence-electron chi connectivity index (χ0n) is 17.2. The number of carbonyl (C=O) groups excluding carboxylic acids is 2. The average Bonchev–Trinajstić information content (AvgIpc) is 3.17. The highest BCUT2D eigenvalue weighted by Crippen LogP contribution is 2.36. The summed E-state index contributed by atoms with van der Waals surface area (Å²) in [4.78, 5) is 25.1. The van der Waals surface area contributed by atoms with Crippen LogP contribution in [-0.4, -0.2) is 25.1 Å². The molecule has 0 saturated heterocycles. The van der Waals surface area contributed by atoms with Crippen molar-refractivity contribution in [1.29, 1.82) is 0 Å². The van der Waals surface area contributed by atoms with Gasteiger partial charge in [-0.05, 0) is 43.7 Å². The van der Waals surface area contributed by atoms with Crippen molar-refractivity contribution >= 4 is 34.3 Å². The first kappa shape index (κ1) is 22.2. The molecule has 1 heterocycles. The maximum atomic E-state index is 13.3. The Morgan fingerprint density at radius 3 is 2.52 bits per heavy atom. The second-order valence-electron chi connectivity index (χ2n) is 6.37. The van der Waals surface area contributed by atoms with Crippen molar-refractivity contribution in [1.82, 2.24) is 0 Å². The van der Waals surface area contributed by atoms with Gasteiger partial charge in [-0.1, -0.05) is 30.3 Å². The first-order chi connectivity index (χ1) is 15.0. The van der Waals surface area contributed by atoms with Crippen molar-refractivity contribution in [3.8, 4) is 16.9 Å². The van der Waals surface area contributed by atoms with E-state index in [2.05, 4.69) is 5.32 Å². The lowest BCUT2D eigenvalue weighted by Gasteiger charge is -2.08. The number of carbonyl (C=O) groups is 2. The number of amides is 1. The summed E-state index contributed by atoms with van der Waals surface area (Å²) < 4.78 is 24.0. The summed E-state index contributed by atoms with van der Waals surface area (Å²) in [5, 5.41) is 4.86. The maximum absolute atomic E-state index is 13.3. The van der Waals surface area contributed by atoms with Crippen molar-refractivity contribution in [3.63, 3.8) is 0 Å². The van der Waals surface area contributed by atoms with E-state index in [-0.39, 0.29) is 18.0 Å². The highest BCUT2D eigenvalue weighted by atomic mass is 32.1. The van der Waals surface area contributed by atoms with Crippen molar-refractivity contribution in [3.05, 3.63) is 76.9 Å². The molecule has 7 heteroatoms. The average molecular weight is 440 g/mol. The lowest BCUT2D eigenvalue weighted by molar-refractivity contribution is -0.111. The number of nitrogens with one attached hydrogen (secondary N) is 1. The molecular formula is C24H22FNO4S. The van der Waals surface area contributed by atoms with E-state index in [9.17, 15) is 14.0 Å². The molecule has 0 aliphatic rings. The molecule has 0 aliphatic heterocycles. The van der Waals surface area contributed by atoms with Crippen LogP contribution in [0.25, 0.3) is 17.2 Å². The summed E-state index contributed by atoms with van der Waals surface area (Å²) in [5.74, 6) is -0.646. The van der Waals surface area contributed by atoms with Crippen LogP contribution in [0.1, 0.15) is 29.8 Å². The second kappa shape index (κ2) is 10.5. The lowest BCUT2D eigenvalue weighted by Crippen LogP contribution is -2.12. The third-order valence-electron chi connectivity index (χ3n) is 4.30. The van der Waals surface area contributed by atoms with E-state index in [1.807, 2.05) is 31.2 Å². The van der Waals surface area contributed by atoms with E-state index < -0.39 is 11.9 Å². The number of esters is 1. The van der Waals surface area contributed by atoms with Crippen LogP contribution in [0.3, 0.4) is 0 Å². The van der Waals surface area contributed by atoms with Gasteiger partial charge in [0.25, 0.3) is 0 Å². The number of hydrogen-bond donors (Lipinski definition) is 1. The summed E-state index contributed by atoms with van der Waals surface area (Å²) in [6, 6.07) is 13.2. The molecular weight excluding hydrogens is 417 g/mol. The molecule has 0 bridgehead atoms. The molecule has 0 atom stereocenters. The summed E-state index contributed by atoms with van der Waals surface area (Å²) in [6.45, 7) is 4.30. The number of thiophene rings is 1. The van der Waals surface area contributed by atoms with Crippen molar-refractivity contribution in [2.45, 2.75) is 13.8 Å². The molecule has 0 radical (unpaired) electrons. The SMILES string of the molecule is CCOC(=O)c1c(-c2ccc(F)cc2)csc1NC(=O)/C=C/c1ccccc1OCC. The van der Waals surface area contributed by atoms with Gasteiger partial charge in [0, 0.05) is 22.6 Å². The van der Waals surface area contributed by atoms with Crippen LogP contribution in [0.15, 0.2) is 60.0 Å². The molecule has 5 nitrogen and oxygen atoms in total. The van der Waals surface area contributed by atoms with Crippen LogP contribution in [0.2, 0.25) is 0 Å². The monoisotopic (exact) mass is 439 g/mol. The molecule has 0 saturated carbocycles. The molecule has 2 aromatic carbocycles. The quantitative estimate of drug-likeness (QED) is 0.357. The van der Waals surface area contributed by atoms with E-state index in [4.69, 9.17) is 9.47 Å². The number of rotatable bonds is 8. The fraction of sp³-hybridized carbons (Fsp3) is 0.167. The van der Waals surface area contributed by atoms with Crippen LogP contribution in [0.5, 0.6) is 5.75 Å². The Morgan fingerprint density at radius 1 is 1.06 bits per heavy atom. The van der Waals surface area contributed by atoms with Crippen molar-refractivity contribution in [2.24, 2.45) is 0 Å². The molecule has 3 rings (SSSR count).